The van der Waals surface area contributed by atoms with Gasteiger partial charge < -0.3 is 15.4 Å². The Hall–Kier alpha value is -1.06. The number of hydrogen-bond donors (Lipinski definition) is 1. The molecular formula is C14H24N2O. The molecule has 96 valence electrons. The number of benzene rings is 1. The van der Waals surface area contributed by atoms with Gasteiger partial charge in [0.15, 0.2) is 0 Å². The van der Waals surface area contributed by atoms with Crippen LogP contribution in [0, 0.1) is 5.92 Å². The Labute approximate surface area is 105 Å². The van der Waals surface area contributed by atoms with Crippen LogP contribution in [0.4, 0.5) is 0 Å². The first kappa shape index (κ1) is 14.0. The van der Waals surface area contributed by atoms with Crippen molar-refractivity contribution in [3.8, 4) is 5.75 Å². The Morgan fingerprint density at radius 3 is 2.82 bits per heavy atom. The normalized spacial score (nSPS) is 12.8. The lowest BCUT2D eigenvalue weighted by molar-refractivity contribution is 0.292. The van der Waals surface area contributed by atoms with Crippen LogP contribution < -0.4 is 10.5 Å². The summed E-state index contributed by atoms with van der Waals surface area (Å²) in [6.07, 6.45) is 1.05. The van der Waals surface area contributed by atoms with Crippen LogP contribution in [0.3, 0.4) is 0 Å². The van der Waals surface area contributed by atoms with Crippen LogP contribution in [0.5, 0.6) is 5.75 Å². The zero-order chi connectivity index (χ0) is 12.7. The van der Waals surface area contributed by atoms with Crippen molar-refractivity contribution in [1.82, 2.24) is 4.90 Å². The molecule has 0 aliphatic carbocycles. The molecule has 0 aliphatic heterocycles. The van der Waals surface area contributed by atoms with E-state index in [4.69, 9.17) is 10.5 Å². The summed E-state index contributed by atoms with van der Waals surface area (Å²) in [7, 11) is 3.85. The molecule has 1 aromatic rings. The predicted octanol–water partition coefficient (Wildman–Crippen LogP) is 1.76. The van der Waals surface area contributed by atoms with E-state index < -0.39 is 0 Å². The molecule has 0 fully saturated rings. The van der Waals surface area contributed by atoms with Gasteiger partial charge in [-0.05, 0) is 43.6 Å². The molecule has 0 heterocycles. The lowest BCUT2D eigenvalue weighted by Crippen LogP contribution is -2.29. The maximum Gasteiger partial charge on any atom is 0.119 e. The molecule has 0 amide bonds. The summed E-state index contributed by atoms with van der Waals surface area (Å²) in [5, 5.41) is 0. The second-order valence-corrected chi connectivity index (χ2v) is 4.70. The minimum Gasteiger partial charge on any atom is -0.497 e. The van der Waals surface area contributed by atoms with Crippen LogP contribution in [0.25, 0.3) is 0 Å². The number of hydrogen-bond acceptors (Lipinski definition) is 3. The number of rotatable bonds is 7. The standard InChI is InChI=1S/C14H24N2O/c1-12(10-15)11-16(2)8-7-13-5-4-6-14(9-13)17-3/h4-6,9,12H,7-8,10-11,15H2,1-3H3. The van der Waals surface area contributed by atoms with Gasteiger partial charge in [-0.1, -0.05) is 19.1 Å². The smallest absolute Gasteiger partial charge is 0.119 e. The molecule has 0 bridgehead atoms. The molecule has 0 aromatic heterocycles. The molecule has 2 N–H and O–H groups in total. The third kappa shape index (κ3) is 5.20. The van der Waals surface area contributed by atoms with Gasteiger partial charge in [-0.3, -0.25) is 0 Å². The monoisotopic (exact) mass is 236 g/mol. The van der Waals surface area contributed by atoms with Crippen molar-refractivity contribution in [2.75, 3.05) is 33.8 Å². The van der Waals surface area contributed by atoms with E-state index in [-0.39, 0.29) is 0 Å². The van der Waals surface area contributed by atoms with Gasteiger partial charge in [-0.15, -0.1) is 0 Å². The van der Waals surface area contributed by atoms with E-state index in [1.165, 1.54) is 5.56 Å². The van der Waals surface area contributed by atoms with Crippen LogP contribution in [0.15, 0.2) is 24.3 Å². The molecule has 3 nitrogen and oxygen atoms in total. The number of likely N-dealkylation sites (N-methyl/N-ethyl adjacent to an activating group) is 1. The van der Waals surface area contributed by atoms with Gasteiger partial charge >= 0.3 is 0 Å². The minimum atomic E-state index is 0.560. The van der Waals surface area contributed by atoms with Gasteiger partial charge in [-0.25, -0.2) is 0 Å². The number of nitrogens with two attached hydrogens (primary N) is 1. The number of nitrogens with zero attached hydrogens (tertiary/aromatic N) is 1. The van der Waals surface area contributed by atoms with E-state index in [1.54, 1.807) is 7.11 Å². The lowest BCUT2D eigenvalue weighted by atomic mass is 10.1. The first-order valence-electron chi connectivity index (χ1n) is 6.17. The van der Waals surface area contributed by atoms with E-state index in [0.717, 1.165) is 31.8 Å². The van der Waals surface area contributed by atoms with Crippen molar-refractivity contribution in [1.29, 1.82) is 0 Å². The molecule has 1 aromatic carbocycles. The quantitative estimate of drug-likeness (QED) is 0.784. The first-order valence-corrected chi connectivity index (χ1v) is 6.17. The van der Waals surface area contributed by atoms with Gasteiger partial charge in [0.1, 0.15) is 5.75 Å². The highest BCUT2D eigenvalue weighted by molar-refractivity contribution is 5.28. The molecule has 3 heteroatoms. The molecule has 1 rings (SSSR count). The van der Waals surface area contributed by atoms with Crippen molar-refractivity contribution in [2.45, 2.75) is 13.3 Å². The van der Waals surface area contributed by atoms with Gasteiger partial charge in [0, 0.05) is 13.1 Å². The zero-order valence-electron chi connectivity index (χ0n) is 11.1. The van der Waals surface area contributed by atoms with E-state index in [1.807, 2.05) is 12.1 Å². The fraction of sp³-hybridized carbons (Fsp3) is 0.571. The van der Waals surface area contributed by atoms with E-state index in [2.05, 4.69) is 31.0 Å². The summed E-state index contributed by atoms with van der Waals surface area (Å²) in [6.45, 7) is 5.05. The average Bonchev–Trinajstić information content (AvgIpc) is 2.36. The Morgan fingerprint density at radius 2 is 2.18 bits per heavy atom. The van der Waals surface area contributed by atoms with Gasteiger partial charge in [-0.2, -0.15) is 0 Å². The Kier molecular flexibility index (Phi) is 6.01. The summed E-state index contributed by atoms with van der Waals surface area (Å²) in [4.78, 5) is 2.33. The van der Waals surface area contributed by atoms with Gasteiger partial charge in [0.2, 0.25) is 0 Å². The van der Waals surface area contributed by atoms with Crippen LogP contribution in [-0.2, 0) is 6.42 Å². The molecule has 0 saturated heterocycles. The third-order valence-electron chi connectivity index (χ3n) is 2.94. The maximum absolute atomic E-state index is 5.62. The molecule has 1 atom stereocenters. The predicted molar refractivity (Wildman–Crippen MR) is 72.4 cm³/mol. The molecule has 17 heavy (non-hydrogen) atoms. The summed E-state index contributed by atoms with van der Waals surface area (Å²) in [5.74, 6) is 1.49. The van der Waals surface area contributed by atoms with Crippen molar-refractivity contribution in [3.63, 3.8) is 0 Å². The fourth-order valence-electron chi connectivity index (χ4n) is 1.85. The second kappa shape index (κ2) is 7.30. The Balaban J connectivity index is 2.38. The number of ether oxygens (including phenoxy) is 1. The van der Waals surface area contributed by atoms with Crippen molar-refractivity contribution < 1.29 is 4.74 Å². The van der Waals surface area contributed by atoms with Crippen molar-refractivity contribution >= 4 is 0 Å². The zero-order valence-corrected chi connectivity index (χ0v) is 11.1. The first-order chi connectivity index (χ1) is 8.15. The third-order valence-corrected chi connectivity index (χ3v) is 2.94. The SMILES string of the molecule is COc1cccc(CCN(C)CC(C)CN)c1. The van der Waals surface area contributed by atoms with Crippen molar-refractivity contribution in [3.05, 3.63) is 29.8 Å². The van der Waals surface area contributed by atoms with E-state index in [0.29, 0.717) is 5.92 Å². The molecule has 0 saturated carbocycles. The van der Waals surface area contributed by atoms with Crippen LogP contribution in [-0.4, -0.2) is 38.7 Å². The average molecular weight is 236 g/mol. The fourth-order valence-corrected chi connectivity index (χ4v) is 1.85. The topological polar surface area (TPSA) is 38.5 Å². The summed E-state index contributed by atoms with van der Waals surface area (Å²) < 4.78 is 5.21. The van der Waals surface area contributed by atoms with Crippen LogP contribution in [0.2, 0.25) is 0 Å². The Bertz CT molecular complexity index is 328. The number of methoxy groups -OCH3 is 1. The van der Waals surface area contributed by atoms with Crippen LogP contribution in [0.1, 0.15) is 12.5 Å². The van der Waals surface area contributed by atoms with E-state index in [9.17, 15) is 0 Å². The molecule has 1 unspecified atom stereocenters. The van der Waals surface area contributed by atoms with Gasteiger partial charge in [0.25, 0.3) is 0 Å². The minimum absolute atomic E-state index is 0.560. The highest BCUT2D eigenvalue weighted by Crippen LogP contribution is 2.13. The van der Waals surface area contributed by atoms with Gasteiger partial charge in [0.05, 0.1) is 7.11 Å². The molecule has 0 aliphatic rings. The molecular weight excluding hydrogens is 212 g/mol. The summed E-state index contributed by atoms with van der Waals surface area (Å²) in [5.41, 5.74) is 6.94. The van der Waals surface area contributed by atoms with E-state index >= 15 is 0 Å². The van der Waals surface area contributed by atoms with Crippen molar-refractivity contribution in [2.24, 2.45) is 11.7 Å². The summed E-state index contributed by atoms with van der Waals surface area (Å²) in [6, 6.07) is 8.25. The maximum atomic E-state index is 5.62. The Morgan fingerprint density at radius 1 is 1.41 bits per heavy atom. The highest BCUT2D eigenvalue weighted by atomic mass is 16.5. The highest BCUT2D eigenvalue weighted by Gasteiger charge is 2.05. The lowest BCUT2D eigenvalue weighted by Gasteiger charge is -2.20. The molecule has 0 radical (unpaired) electrons. The summed E-state index contributed by atoms with van der Waals surface area (Å²) >= 11 is 0. The van der Waals surface area contributed by atoms with Crippen LogP contribution >= 0.6 is 0 Å². The second-order valence-electron chi connectivity index (χ2n) is 4.70. The largest absolute Gasteiger partial charge is 0.497 e. The molecule has 0 spiro atoms.